The van der Waals surface area contributed by atoms with Crippen LogP contribution in [0.15, 0.2) is 24.4 Å². The highest BCUT2D eigenvalue weighted by Crippen LogP contribution is 2.15. The molecule has 0 amide bonds. The van der Waals surface area contributed by atoms with Crippen LogP contribution in [0.2, 0.25) is 0 Å². The number of rotatable bonds is 7. The third-order valence-corrected chi connectivity index (χ3v) is 4.02. The molecule has 1 saturated heterocycles. The highest BCUT2D eigenvalue weighted by molar-refractivity contribution is 5.03. The van der Waals surface area contributed by atoms with Crippen molar-refractivity contribution < 1.29 is 0 Å². The molecular weight excluding hydrogens is 234 g/mol. The van der Waals surface area contributed by atoms with Gasteiger partial charge >= 0.3 is 0 Å². The van der Waals surface area contributed by atoms with Crippen molar-refractivity contribution >= 4 is 0 Å². The molecule has 3 heteroatoms. The van der Waals surface area contributed by atoms with Gasteiger partial charge in [0.2, 0.25) is 0 Å². The summed E-state index contributed by atoms with van der Waals surface area (Å²) < 4.78 is 0. The second-order valence-corrected chi connectivity index (χ2v) is 5.56. The molecule has 106 valence electrons. The summed E-state index contributed by atoms with van der Waals surface area (Å²) in [5, 5.41) is 3.52. The van der Waals surface area contributed by atoms with Crippen LogP contribution < -0.4 is 5.32 Å². The van der Waals surface area contributed by atoms with E-state index in [2.05, 4.69) is 34.3 Å². The number of hydrogen-bond donors (Lipinski definition) is 1. The van der Waals surface area contributed by atoms with E-state index in [1.54, 1.807) is 0 Å². The van der Waals surface area contributed by atoms with Crippen LogP contribution in [-0.4, -0.2) is 42.1 Å². The predicted octanol–water partition coefficient (Wildman–Crippen LogP) is 2.48. The summed E-state index contributed by atoms with van der Waals surface area (Å²) in [6, 6.07) is 6.91. The van der Waals surface area contributed by atoms with Gasteiger partial charge in [0, 0.05) is 30.9 Å². The van der Waals surface area contributed by atoms with Gasteiger partial charge in [-0.3, -0.25) is 4.98 Å². The Hall–Kier alpha value is -0.930. The zero-order chi connectivity index (χ0) is 13.3. The van der Waals surface area contributed by atoms with Crippen molar-refractivity contribution in [2.75, 3.05) is 26.2 Å². The van der Waals surface area contributed by atoms with Gasteiger partial charge in [0.1, 0.15) is 0 Å². The highest BCUT2D eigenvalue weighted by atomic mass is 15.2. The van der Waals surface area contributed by atoms with Crippen LogP contribution in [0.3, 0.4) is 0 Å². The first-order valence-corrected chi connectivity index (χ1v) is 7.71. The van der Waals surface area contributed by atoms with Gasteiger partial charge in [-0.15, -0.1) is 0 Å². The SMILES string of the molecule is CC1CCCCN1CCCNCCc1ccccn1. The van der Waals surface area contributed by atoms with Gasteiger partial charge in [-0.1, -0.05) is 12.5 Å². The predicted molar refractivity (Wildman–Crippen MR) is 80.3 cm³/mol. The number of nitrogens with zero attached hydrogens (tertiary/aromatic N) is 2. The van der Waals surface area contributed by atoms with Gasteiger partial charge in [-0.2, -0.15) is 0 Å². The van der Waals surface area contributed by atoms with E-state index in [0.29, 0.717) is 0 Å². The van der Waals surface area contributed by atoms with Crippen LogP contribution in [0.4, 0.5) is 0 Å². The van der Waals surface area contributed by atoms with Crippen molar-refractivity contribution in [2.45, 2.75) is 45.1 Å². The molecule has 1 aromatic rings. The topological polar surface area (TPSA) is 28.2 Å². The van der Waals surface area contributed by atoms with E-state index in [1.165, 1.54) is 44.5 Å². The molecule has 1 aliphatic rings. The minimum absolute atomic E-state index is 0.794. The first-order chi connectivity index (χ1) is 9.36. The quantitative estimate of drug-likeness (QED) is 0.764. The number of hydrogen-bond acceptors (Lipinski definition) is 3. The summed E-state index contributed by atoms with van der Waals surface area (Å²) >= 11 is 0. The van der Waals surface area contributed by atoms with Crippen molar-refractivity contribution in [3.05, 3.63) is 30.1 Å². The van der Waals surface area contributed by atoms with E-state index in [9.17, 15) is 0 Å². The normalized spacial score (nSPS) is 20.6. The summed E-state index contributed by atoms with van der Waals surface area (Å²) in [6.07, 6.45) is 8.34. The summed E-state index contributed by atoms with van der Waals surface area (Å²) in [4.78, 5) is 6.97. The Balaban J connectivity index is 1.50. The fourth-order valence-corrected chi connectivity index (χ4v) is 2.78. The molecule has 3 nitrogen and oxygen atoms in total. The molecule has 1 atom stereocenters. The third-order valence-electron chi connectivity index (χ3n) is 4.02. The van der Waals surface area contributed by atoms with Crippen LogP contribution >= 0.6 is 0 Å². The number of likely N-dealkylation sites (tertiary alicyclic amines) is 1. The highest BCUT2D eigenvalue weighted by Gasteiger charge is 2.16. The lowest BCUT2D eigenvalue weighted by Gasteiger charge is -2.33. The Kier molecular flexibility index (Phi) is 6.31. The van der Waals surface area contributed by atoms with Gasteiger partial charge in [-0.05, 0) is 58.0 Å². The average Bonchev–Trinajstić information content (AvgIpc) is 2.45. The second-order valence-electron chi connectivity index (χ2n) is 5.56. The van der Waals surface area contributed by atoms with Gasteiger partial charge in [0.15, 0.2) is 0 Å². The van der Waals surface area contributed by atoms with E-state index in [1.807, 2.05) is 12.3 Å². The molecule has 0 aliphatic carbocycles. The molecule has 0 saturated carbocycles. The van der Waals surface area contributed by atoms with E-state index in [-0.39, 0.29) is 0 Å². The van der Waals surface area contributed by atoms with Crippen molar-refractivity contribution in [3.8, 4) is 0 Å². The van der Waals surface area contributed by atoms with Crippen LogP contribution in [0.1, 0.15) is 38.3 Å². The fraction of sp³-hybridized carbons (Fsp3) is 0.688. The third kappa shape index (κ3) is 5.29. The monoisotopic (exact) mass is 261 g/mol. The van der Waals surface area contributed by atoms with Gasteiger partial charge in [-0.25, -0.2) is 0 Å². The number of aromatic nitrogens is 1. The maximum Gasteiger partial charge on any atom is 0.0416 e. The van der Waals surface area contributed by atoms with Gasteiger partial charge < -0.3 is 10.2 Å². The Bertz CT molecular complexity index is 339. The van der Waals surface area contributed by atoms with Crippen LogP contribution in [-0.2, 0) is 6.42 Å². The fourth-order valence-electron chi connectivity index (χ4n) is 2.78. The standard InChI is InChI=1S/C16H27N3/c1-15-7-3-5-13-19(15)14-6-10-17-12-9-16-8-2-4-11-18-16/h2,4,8,11,15,17H,3,5-7,9-10,12-14H2,1H3. The molecular formula is C16H27N3. The molecule has 2 rings (SSSR count). The molecule has 0 radical (unpaired) electrons. The van der Waals surface area contributed by atoms with Crippen LogP contribution in [0.5, 0.6) is 0 Å². The lowest BCUT2D eigenvalue weighted by Crippen LogP contribution is -2.39. The first-order valence-electron chi connectivity index (χ1n) is 7.71. The van der Waals surface area contributed by atoms with Crippen molar-refractivity contribution in [2.24, 2.45) is 0 Å². The Morgan fingerprint density at radius 2 is 2.26 bits per heavy atom. The Morgan fingerprint density at radius 1 is 1.32 bits per heavy atom. The summed E-state index contributed by atoms with van der Waals surface area (Å²) in [7, 11) is 0. The van der Waals surface area contributed by atoms with E-state index >= 15 is 0 Å². The minimum Gasteiger partial charge on any atom is -0.316 e. The van der Waals surface area contributed by atoms with Crippen LogP contribution in [0, 0.1) is 0 Å². The molecule has 0 bridgehead atoms. The molecule has 1 aromatic heterocycles. The molecule has 1 fully saturated rings. The molecule has 1 N–H and O–H groups in total. The second kappa shape index (κ2) is 8.28. The molecule has 2 heterocycles. The lowest BCUT2D eigenvalue weighted by atomic mass is 10.0. The molecule has 1 aliphatic heterocycles. The summed E-state index contributed by atoms with van der Waals surface area (Å²) in [5.41, 5.74) is 1.18. The van der Waals surface area contributed by atoms with E-state index in [0.717, 1.165) is 25.6 Å². The van der Waals surface area contributed by atoms with Crippen molar-refractivity contribution in [1.29, 1.82) is 0 Å². The Labute approximate surface area is 117 Å². The maximum atomic E-state index is 4.33. The number of nitrogens with one attached hydrogen (secondary N) is 1. The van der Waals surface area contributed by atoms with Crippen molar-refractivity contribution in [3.63, 3.8) is 0 Å². The molecule has 0 aromatic carbocycles. The molecule has 19 heavy (non-hydrogen) atoms. The minimum atomic E-state index is 0.794. The molecule has 1 unspecified atom stereocenters. The molecule has 0 spiro atoms. The summed E-state index contributed by atoms with van der Waals surface area (Å²) in [5.74, 6) is 0. The smallest absolute Gasteiger partial charge is 0.0416 e. The van der Waals surface area contributed by atoms with E-state index < -0.39 is 0 Å². The maximum absolute atomic E-state index is 4.33. The first kappa shape index (κ1) is 14.5. The number of piperidine rings is 1. The van der Waals surface area contributed by atoms with Crippen LogP contribution in [0.25, 0.3) is 0 Å². The van der Waals surface area contributed by atoms with E-state index in [4.69, 9.17) is 0 Å². The van der Waals surface area contributed by atoms with Gasteiger partial charge in [0.05, 0.1) is 0 Å². The van der Waals surface area contributed by atoms with Crippen molar-refractivity contribution in [1.82, 2.24) is 15.2 Å². The largest absolute Gasteiger partial charge is 0.316 e. The van der Waals surface area contributed by atoms with Gasteiger partial charge in [0.25, 0.3) is 0 Å². The zero-order valence-electron chi connectivity index (χ0n) is 12.1. The zero-order valence-corrected chi connectivity index (χ0v) is 12.1. The summed E-state index contributed by atoms with van der Waals surface area (Å²) in [6.45, 7) is 7.07. The lowest BCUT2D eigenvalue weighted by molar-refractivity contribution is 0.159. The average molecular weight is 261 g/mol. The number of pyridine rings is 1. The Morgan fingerprint density at radius 3 is 3.05 bits per heavy atom.